The predicted octanol–water partition coefficient (Wildman–Crippen LogP) is 3.68. The van der Waals surface area contributed by atoms with Crippen molar-refractivity contribution < 1.29 is 4.92 Å². The third-order valence-electron chi connectivity index (χ3n) is 5.04. The predicted molar refractivity (Wildman–Crippen MR) is 105 cm³/mol. The number of fused-ring (bicyclic) bond motifs is 3. The van der Waals surface area contributed by atoms with Crippen LogP contribution in [0.1, 0.15) is 0 Å². The van der Waals surface area contributed by atoms with E-state index in [1.54, 1.807) is 12.2 Å². The first-order chi connectivity index (χ1) is 13.2. The summed E-state index contributed by atoms with van der Waals surface area (Å²) in [5.41, 5.74) is 4.35. The molecule has 2 aliphatic heterocycles. The van der Waals surface area contributed by atoms with Gasteiger partial charge in [-0.25, -0.2) is 4.98 Å². The highest BCUT2D eigenvalue weighted by Crippen LogP contribution is 2.34. The van der Waals surface area contributed by atoms with Gasteiger partial charge >= 0.3 is 0 Å². The zero-order chi connectivity index (χ0) is 18.4. The van der Waals surface area contributed by atoms with Gasteiger partial charge in [0.05, 0.1) is 16.0 Å². The van der Waals surface area contributed by atoms with Crippen LogP contribution in [0.4, 0.5) is 17.3 Å². The van der Waals surface area contributed by atoms with E-state index in [1.165, 1.54) is 0 Å². The molecular formula is C20H17N5O2. The summed E-state index contributed by atoms with van der Waals surface area (Å²) in [5.74, 6) is 0.959. The molecule has 3 aromatic rings. The number of hydrogen-bond donors (Lipinski definition) is 0. The van der Waals surface area contributed by atoms with Gasteiger partial charge in [-0.1, -0.05) is 12.1 Å². The minimum Gasteiger partial charge on any atom is -0.337 e. The molecule has 7 heteroatoms. The standard InChI is InChI=1S/C20H17N5O2/c26-25(27)17-4-3-11-22(14-17)15-7-9-16(10-8-15)23-12-13-24-19-6-2-1-5-18(19)21-20(23)24/h1-11H,12-14H2. The summed E-state index contributed by atoms with van der Waals surface area (Å²) in [6.45, 7) is 2.05. The number of nitrogens with zero attached hydrogens (tertiary/aromatic N) is 5. The topological polar surface area (TPSA) is 67.4 Å². The van der Waals surface area contributed by atoms with Gasteiger partial charge in [-0.15, -0.1) is 0 Å². The quantitative estimate of drug-likeness (QED) is 0.527. The number of rotatable bonds is 3. The maximum atomic E-state index is 11.0. The van der Waals surface area contributed by atoms with Crippen LogP contribution in [0.3, 0.4) is 0 Å². The van der Waals surface area contributed by atoms with Crippen LogP contribution in [0.2, 0.25) is 0 Å². The minimum atomic E-state index is -0.334. The number of anilines is 3. The Kier molecular flexibility index (Phi) is 3.46. The van der Waals surface area contributed by atoms with Crippen molar-refractivity contribution in [1.82, 2.24) is 9.55 Å². The Morgan fingerprint density at radius 1 is 1.00 bits per heavy atom. The highest BCUT2D eigenvalue weighted by molar-refractivity contribution is 5.81. The molecule has 0 spiro atoms. The molecule has 5 rings (SSSR count). The Balaban J connectivity index is 1.42. The molecule has 0 unspecified atom stereocenters. The lowest BCUT2D eigenvalue weighted by Gasteiger charge is -2.22. The van der Waals surface area contributed by atoms with E-state index in [1.807, 2.05) is 53.6 Å². The Morgan fingerprint density at radius 3 is 2.59 bits per heavy atom. The number of allylic oxidation sites excluding steroid dienone is 2. The molecule has 0 fully saturated rings. The van der Waals surface area contributed by atoms with Crippen LogP contribution < -0.4 is 9.80 Å². The molecule has 0 amide bonds. The molecule has 0 bridgehead atoms. The van der Waals surface area contributed by atoms with Gasteiger partial charge in [-0.2, -0.15) is 0 Å². The van der Waals surface area contributed by atoms with Crippen molar-refractivity contribution in [2.24, 2.45) is 0 Å². The molecular weight excluding hydrogens is 342 g/mol. The van der Waals surface area contributed by atoms with Crippen LogP contribution >= 0.6 is 0 Å². The molecule has 2 aliphatic rings. The fraction of sp³-hybridized carbons (Fsp3) is 0.150. The average molecular weight is 359 g/mol. The van der Waals surface area contributed by atoms with Crippen LogP contribution in [-0.4, -0.2) is 27.6 Å². The first kappa shape index (κ1) is 15.6. The zero-order valence-electron chi connectivity index (χ0n) is 14.5. The zero-order valence-corrected chi connectivity index (χ0v) is 14.5. The SMILES string of the molecule is O=[N+]([O-])C1=CC=CN(c2ccc(N3CCn4c3nc3ccccc34)cc2)C1. The van der Waals surface area contributed by atoms with Crippen molar-refractivity contribution in [1.29, 1.82) is 0 Å². The summed E-state index contributed by atoms with van der Waals surface area (Å²) in [5, 5.41) is 11.0. The largest absolute Gasteiger partial charge is 0.337 e. The summed E-state index contributed by atoms with van der Waals surface area (Å²) in [4.78, 5) is 19.5. The van der Waals surface area contributed by atoms with Crippen LogP contribution in [0.5, 0.6) is 0 Å². The Morgan fingerprint density at radius 2 is 1.78 bits per heavy atom. The highest BCUT2D eigenvalue weighted by atomic mass is 16.6. The number of hydrogen-bond acceptors (Lipinski definition) is 5. The minimum absolute atomic E-state index is 0.190. The average Bonchev–Trinajstić information content (AvgIpc) is 3.27. The van der Waals surface area contributed by atoms with E-state index in [4.69, 9.17) is 4.98 Å². The second kappa shape index (κ2) is 5.98. The van der Waals surface area contributed by atoms with E-state index in [9.17, 15) is 10.1 Å². The van der Waals surface area contributed by atoms with Crippen LogP contribution in [-0.2, 0) is 6.54 Å². The Labute approximate surface area is 155 Å². The van der Waals surface area contributed by atoms with Gasteiger partial charge in [-0.3, -0.25) is 10.1 Å². The molecule has 0 aliphatic carbocycles. The lowest BCUT2D eigenvalue weighted by molar-refractivity contribution is -0.425. The normalized spacial score (nSPS) is 15.9. The molecule has 1 aromatic heterocycles. The Hall–Kier alpha value is -3.61. The van der Waals surface area contributed by atoms with Gasteiger partial charge in [0.15, 0.2) is 0 Å². The lowest BCUT2D eigenvalue weighted by Crippen LogP contribution is -2.24. The molecule has 3 heterocycles. The van der Waals surface area contributed by atoms with Gasteiger partial charge in [0.1, 0.15) is 6.54 Å². The second-order valence-corrected chi connectivity index (χ2v) is 6.60. The lowest BCUT2D eigenvalue weighted by atomic mass is 10.2. The van der Waals surface area contributed by atoms with Crippen molar-refractivity contribution in [3.8, 4) is 0 Å². The van der Waals surface area contributed by atoms with Crippen molar-refractivity contribution >= 4 is 28.4 Å². The van der Waals surface area contributed by atoms with Gasteiger partial charge < -0.3 is 14.4 Å². The molecule has 0 N–H and O–H groups in total. The molecule has 2 aromatic carbocycles. The fourth-order valence-electron chi connectivity index (χ4n) is 3.69. The number of nitro groups is 1. The number of para-hydroxylation sites is 2. The summed E-state index contributed by atoms with van der Waals surface area (Å²) in [7, 11) is 0. The van der Waals surface area contributed by atoms with Gasteiger partial charge in [-0.05, 0) is 42.5 Å². The second-order valence-electron chi connectivity index (χ2n) is 6.60. The molecule has 0 saturated carbocycles. The van der Waals surface area contributed by atoms with Gasteiger partial charge in [0, 0.05) is 36.7 Å². The van der Waals surface area contributed by atoms with E-state index in [0.717, 1.165) is 41.4 Å². The van der Waals surface area contributed by atoms with E-state index < -0.39 is 0 Å². The smallest absolute Gasteiger partial charge is 0.265 e. The van der Waals surface area contributed by atoms with E-state index in [0.29, 0.717) is 0 Å². The number of imidazole rings is 1. The molecule has 0 saturated heterocycles. The Bertz CT molecular complexity index is 1100. The van der Waals surface area contributed by atoms with Crippen molar-refractivity contribution in [2.45, 2.75) is 6.54 Å². The van der Waals surface area contributed by atoms with Crippen molar-refractivity contribution in [2.75, 3.05) is 22.9 Å². The first-order valence-corrected chi connectivity index (χ1v) is 8.82. The van der Waals surface area contributed by atoms with Crippen molar-refractivity contribution in [3.05, 3.63) is 82.7 Å². The summed E-state index contributed by atoms with van der Waals surface area (Å²) in [6, 6.07) is 16.2. The highest BCUT2D eigenvalue weighted by Gasteiger charge is 2.25. The fourth-order valence-corrected chi connectivity index (χ4v) is 3.69. The third-order valence-corrected chi connectivity index (χ3v) is 5.04. The molecule has 0 atom stereocenters. The van der Waals surface area contributed by atoms with E-state index >= 15 is 0 Å². The maximum Gasteiger partial charge on any atom is 0.265 e. The van der Waals surface area contributed by atoms with Crippen LogP contribution in [0.25, 0.3) is 11.0 Å². The van der Waals surface area contributed by atoms with Crippen LogP contribution in [0.15, 0.2) is 72.6 Å². The van der Waals surface area contributed by atoms with E-state index in [-0.39, 0.29) is 17.2 Å². The molecule has 7 nitrogen and oxygen atoms in total. The summed E-state index contributed by atoms with van der Waals surface area (Å²) in [6.07, 6.45) is 5.11. The summed E-state index contributed by atoms with van der Waals surface area (Å²) >= 11 is 0. The van der Waals surface area contributed by atoms with Crippen LogP contribution in [0, 0.1) is 10.1 Å². The third kappa shape index (κ3) is 2.55. The van der Waals surface area contributed by atoms with E-state index in [2.05, 4.69) is 15.5 Å². The van der Waals surface area contributed by atoms with Crippen molar-refractivity contribution in [3.63, 3.8) is 0 Å². The molecule has 0 radical (unpaired) electrons. The first-order valence-electron chi connectivity index (χ1n) is 8.82. The number of aromatic nitrogens is 2. The monoisotopic (exact) mass is 359 g/mol. The van der Waals surface area contributed by atoms with Gasteiger partial charge in [0.25, 0.3) is 5.70 Å². The maximum absolute atomic E-state index is 11.0. The number of benzene rings is 2. The van der Waals surface area contributed by atoms with Gasteiger partial charge in [0.2, 0.25) is 5.95 Å². The summed E-state index contributed by atoms with van der Waals surface area (Å²) < 4.78 is 2.24. The molecule has 27 heavy (non-hydrogen) atoms. The molecule has 134 valence electrons.